The predicted octanol–water partition coefficient (Wildman–Crippen LogP) is 3.84. The molecule has 0 radical (unpaired) electrons. The average molecular weight is 299 g/mol. The first-order valence-electron chi connectivity index (χ1n) is 6.02. The molecule has 0 unspecified atom stereocenters. The van der Waals surface area contributed by atoms with Crippen molar-refractivity contribution in [2.45, 2.75) is 26.8 Å². The standard InChI is InChI=1S/C13H12F3N3O2/c1-8-12(18-20)9(2)19(17-8)7-10-4-3-5-11(6-10)21-13(14,15)16/h3-6H,7H2,1-2H3. The Labute approximate surface area is 118 Å². The summed E-state index contributed by atoms with van der Waals surface area (Å²) >= 11 is 0. The van der Waals surface area contributed by atoms with Crippen molar-refractivity contribution in [1.82, 2.24) is 9.78 Å². The number of aromatic nitrogens is 2. The van der Waals surface area contributed by atoms with Crippen LogP contribution in [0.25, 0.3) is 0 Å². The highest BCUT2D eigenvalue weighted by Crippen LogP contribution is 2.25. The molecule has 0 amide bonds. The van der Waals surface area contributed by atoms with Crippen LogP contribution < -0.4 is 4.74 Å². The van der Waals surface area contributed by atoms with Gasteiger partial charge < -0.3 is 4.74 Å². The minimum Gasteiger partial charge on any atom is -0.406 e. The SMILES string of the molecule is Cc1nn(Cc2cccc(OC(F)(F)F)c2)c(C)c1N=O. The third-order valence-electron chi connectivity index (χ3n) is 2.90. The topological polar surface area (TPSA) is 56.5 Å². The molecule has 0 bridgehead atoms. The van der Waals surface area contributed by atoms with Crippen LogP contribution in [-0.4, -0.2) is 16.1 Å². The molecular weight excluding hydrogens is 287 g/mol. The average Bonchev–Trinajstić information content (AvgIpc) is 2.62. The van der Waals surface area contributed by atoms with Crippen LogP contribution >= 0.6 is 0 Å². The molecule has 0 atom stereocenters. The van der Waals surface area contributed by atoms with Crippen molar-refractivity contribution in [2.24, 2.45) is 5.18 Å². The second-order valence-corrected chi connectivity index (χ2v) is 4.46. The van der Waals surface area contributed by atoms with Crippen molar-refractivity contribution < 1.29 is 17.9 Å². The summed E-state index contributed by atoms with van der Waals surface area (Å²) < 4.78 is 41.9. The van der Waals surface area contributed by atoms with Gasteiger partial charge in [0, 0.05) is 0 Å². The molecule has 0 aliphatic heterocycles. The zero-order valence-electron chi connectivity index (χ0n) is 11.3. The van der Waals surface area contributed by atoms with Crippen molar-refractivity contribution in [3.05, 3.63) is 46.1 Å². The molecule has 2 rings (SSSR count). The molecular formula is C13H12F3N3O2. The molecule has 112 valence electrons. The molecule has 0 saturated heterocycles. The fourth-order valence-electron chi connectivity index (χ4n) is 1.99. The van der Waals surface area contributed by atoms with Crippen LogP contribution in [0.1, 0.15) is 17.0 Å². The highest BCUT2D eigenvalue weighted by Gasteiger charge is 2.31. The number of alkyl halides is 3. The van der Waals surface area contributed by atoms with Crippen molar-refractivity contribution >= 4 is 5.69 Å². The van der Waals surface area contributed by atoms with Gasteiger partial charge in [-0.3, -0.25) is 4.68 Å². The minimum atomic E-state index is -4.73. The molecule has 2 aromatic rings. The highest BCUT2D eigenvalue weighted by molar-refractivity contribution is 5.46. The summed E-state index contributed by atoms with van der Waals surface area (Å²) in [7, 11) is 0. The maximum atomic E-state index is 12.2. The highest BCUT2D eigenvalue weighted by atomic mass is 19.4. The molecule has 0 aliphatic rings. The van der Waals surface area contributed by atoms with E-state index in [0.717, 1.165) is 0 Å². The molecule has 5 nitrogen and oxygen atoms in total. The normalized spacial score (nSPS) is 11.5. The number of rotatable bonds is 4. The second kappa shape index (κ2) is 5.55. The lowest BCUT2D eigenvalue weighted by Crippen LogP contribution is -2.17. The molecule has 0 aliphatic carbocycles. The van der Waals surface area contributed by atoms with E-state index in [0.29, 0.717) is 17.0 Å². The molecule has 0 spiro atoms. The van der Waals surface area contributed by atoms with E-state index in [4.69, 9.17) is 0 Å². The van der Waals surface area contributed by atoms with E-state index in [1.54, 1.807) is 19.9 Å². The van der Waals surface area contributed by atoms with Gasteiger partial charge in [0.25, 0.3) is 0 Å². The number of aryl methyl sites for hydroxylation is 1. The largest absolute Gasteiger partial charge is 0.573 e. The minimum absolute atomic E-state index is 0.219. The van der Waals surface area contributed by atoms with Crippen LogP contribution in [-0.2, 0) is 6.54 Å². The quantitative estimate of drug-likeness (QED) is 0.806. The first-order valence-corrected chi connectivity index (χ1v) is 6.02. The van der Waals surface area contributed by atoms with E-state index >= 15 is 0 Å². The van der Waals surface area contributed by atoms with Gasteiger partial charge in [0.2, 0.25) is 0 Å². The van der Waals surface area contributed by atoms with E-state index in [2.05, 4.69) is 15.0 Å². The third kappa shape index (κ3) is 3.59. The summed E-state index contributed by atoms with van der Waals surface area (Å²) in [4.78, 5) is 10.7. The van der Waals surface area contributed by atoms with Gasteiger partial charge in [0.1, 0.15) is 5.75 Å². The van der Waals surface area contributed by atoms with Gasteiger partial charge in [-0.25, -0.2) is 0 Å². The summed E-state index contributed by atoms with van der Waals surface area (Å²) in [5.41, 5.74) is 1.85. The van der Waals surface area contributed by atoms with E-state index in [9.17, 15) is 18.1 Å². The smallest absolute Gasteiger partial charge is 0.406 e. The van der Waals surface area contributed by atoms with Crippen LogP contribution in [0.5, 0.6) is 5.75 Å². The molecule has 8 heteroatoms. The van der Waals surface area contributed by atoms with Crippen molar-refractivity contribution in [3.63, 3.8) is 0 Å². The molecule has 0 fully saturated rings. The van der Waals surface area contributed by atoms with Gasteiger partial charge in [-0.15, -0.1) is 18.1 Å². The Morgan fingerprint density at radius 2 is 2.05 bits per heavy atom. The zero-order valence-corrected chi connectivity index (χ0v) is 11.3. The van der Waals surface area contributed by atoms with Crippen LogP contribution in [0.3, 0.4) is 0 Å². The fourth-order valence-corrected chi connectivity index (χ4v) is 1.99. The second-order valence-electron chi connectivity index (χ2n) is 4.46. The summed E-state index contributed by atoms with van der Waals surface area (Å²) in [5, 5.41) is 7.03. The number of nitroso groups, excluding NO2 is 1. The van der Waals surface area contributed by atoms with Crippen molar-refractivity contribution in [1.29, 1.82) is 0 Å². The van der Waals surface area contributed by atoms with Crippen molar-refractivity contribution in [2.75, 3.05) is 0 Å². The molecule has 1 aromatic heterocycles. The first-order chi connectivity index (χ1) is 9.80. The van der Waals surface area contributed by atoms with Crippen LogP contribution in [0.4, 0.5) is 18.9 Å². The van der Waals surface area contributed by atoms with Crippen LogP contribution in [0.15, 0.2) is 29.4 Å². The Kier molecular flexibility index (Phi) is 3.97. The Morgan fingerprint density at radius 3 is 2.62 bits per heavy atom. The summed E-state index contributed by atoms with van der Waals surface area (Å²) in [5.74, 6) is -0.296. The first kappa shape index (κ1) is 15.0. The molecule has 0 saturated carbocycles. The Bertz CT molecular complexity index is 665. The predicted molar refractivity (Wildman–Crippen MR) is 69.4 cm³/mol. The van der Waals surface area contributed by atoms with Gasteiger partial charge in [-0.1, -0.05) is 12.1 Å². The van der Waals surface area contributed by atoms with Gasteiger partial charge in [-0.2, -0.15) is 5.10 Å². The lowest BCUT2D eigenvalue weighted by atomic mass is 10.2. The Morgan fingerprint density at radius 1 is 1.33 bits per heavy atom. The molecule has 0 N–H and O–H groups in total. The lowest BCUT2D eigenvalue weighted by molar-refractivity contribution is -0.274. The zero-order chi connectivity index (χ0) is 15.6. The molecule has 1 aromatic carbocycles. The van der Waals surface area contributed by atoms with Crippen molar-refractivity contribution in [3.8, 4) is 5.75 Å². The fraction of sp³-hybridized carbons (Fsp3) is 0.308. The number of ether oxygens (including phenoxy) is 1. The van der Waals surface area contributed by atoms with E-state index in [-0.39, 0.29) is 18.0 Å². The summed E-state index contributed by atoms with van der Waals surface area (Å²) in [6, 6.07) is 5.60. The molecule has 21 heavy (non-hydrogen) atoms. The Hall–Kier alpha value is -2.38. The Balaban J connectivity index is 2.24. The lowest BCUT2D eigenvalue weighted by Gasteiger charge is -2.10. The maximum Gasteiger partial charge on any atom is 0.573 e. The number of halogens is 3. The van der Waals surface area contributed by atoms with Gasteiger partial charge >= 0.3 is 6.36 Å². The van der Waals surface area contributed by atoms with E-state index < -0.39 is 6.36 Å². The summed E-state index contributed by atoms with van der Waals surface area (Å²) in [6.07, 6.45) is -4.73. The van der Waals surface area contributed by atoms with Crippen LogP contribution in [0, 0.1) is 18.8 Å². The monoisotopic (exact) mass is 299 g/mol. The number of hydrogen-bond donors (Lipinski definition) is 0. The van der Waals surface area contributed by atoms with Gasteiger partial charge in [0.05, 0.1) is 17.9 Å². The van der Waals surface area contributed by atoms with E-state index in [1.807, 2.05) is 0 Å². The van der Waals surface area contributed by atoms with Gasteiger partial charge in [-0.05, 0) is 36.7 Å². The molecule has 1 heterocycles. The maximum absolute atomic E-state index is 12.2. The third-order valence-corrected chi connectivity index (χ3v) is 2.90. The number of benzene rings is 1. The summed E-state index contributed by atoms with van der Waals surface area (Å²) in [6.45, 7) is 3.54. The number of hydrogen-bond acceptors (Lipinski definition) is 4. The van der Waals surface area contributed by atoms with Gasteiger partial charge in [0.15, 0.2) is 5.69 Å². The van der Waals surface area contributed by atoms with E-state index in [1.165, 1.54) is 22.9 Å². The van der Waals surface area contributed by atoms with Crippen LogP contribution in [0.2, 0.25) is 0 Å². The number of nitrogens with zero attached hydrogens (tertiary/aromatic N) is 3.